The molecule has 0 saturated heterocycles. The highest BCUT2D eigenvalue weighted by Gasteiger charge is 2.27. The molecule has 0 spiro atoms. The molecule has 2 rings (SSSR count). The van der Waals surface area contributed by atoms with Gasteiger partial charge in [0.25, 0.3) is 5.91 Å². The Morgan fingerprint density at radius 3 is 2.04 bits per heavy atom. The van der Waals surface area contributed by atoms with Crippen LogP contribution in [-0.2, 0) is 4.79 Å². The Labute approximate surface area is 127 Å². The first kappa shape index (κ1) is 16.7. The minimum atomic E-state index is -2.29. The van der Waals surface area contributed by atoms with Gasteiger partial charge in [-0.15, -0.1) is 0 Å². The molecule has 8 heteroatoms. The number of aryl methyl sites for hydroxylation is 1. The van der Waals surface area contributed by atoms with Crippen LogP contribution in [0.25, 0.3) is 0 Å². The molecule has 1 N–H and O–H groups in total. The Morgan fingerprint density at radius 2 is 1.48 bits per heavy atom. The molecule has 0 aliphatic carbocycles. The number of anilines is 1. The van der Waals surface area contributed by atoms with E-state index in [1.807, 2.05) is 0 Å². The highest BCUT2D eigenvalue weighted by atomic mass is 19.2. The van der Waals surface area contributed by atoms with E-state index in [2.05, 4.69) is 10.1 Å². The lowest BCUT2D eigenvalue weighted by Crippen LogP contribution is -2.22. The van der Waals surface area contributed by atoms with Crippen LogP contribution < -0.4 is 10.1 Å². The first-order valence-electron chi connectivity index (χ1n) is 6.32. The van der Waals surface area contributed by atoms with E-state index in [1.54, 1.807) is 31.2 Å². The maximum Gasteiger partial charge on any atom is 0.262 e. The van der Waals surface area contributed by atoms with E-state index < -0.39 is 47.3 Å². The van der Waals surface area contributed by atoms with Crippen LogP contribution in [0.5, 0.6) is 5.75 Å². The molecule has 0 aliphatic rings. The van der Waals surface area contributed by atoms with Gasteiger partial charge < -0.3 is 10.1 Å². The number of benzene rings is 2. The number of hydrogen-bond acceptors (Lipinski definition) is 2. The van der Waals surface area contributed by atoms with Crippen LogP contribution in [0.2, 0.25) is 0 Å². The average molecular weight is 331 g/mol. The number of nitrogens with one attached hydrogen (secondary N) is 1. The summed E-state index contributed by atoms with van der Waals surface area (Å²) in [4.78, 5) is 11.7. The van der Waals surface area contributed by atoms with Crippen LogP contribution in [-0.4, -0.2) is 12.5 Å². The fraction of sp³-hybridized carbons (Fsp3) is 0.133. The molecule has 0 atom stereocenters. The lowest BCUT2D eigenvalue weighted by Gasteiger charge is -2.11. The molecule has 0 saturated carbocycles. The molecule has 2 aromatic carbocycles. The maximum atomic E-state index is 13.4. The second-order valence-electron chi connectivity index (χ2n) is 4.55. The van der Waals surface area contributed by atoms with E-state index in [1.165, 1.54) is 0 Å². The second kappa shape index (κ2) is 6.64. The molecule has 23 heavy (non-hydrogen) atoms. The zero-order valence-corrected chi connectivity index (χ0v) is 11.7. The molecule has 3 nitrogen and oxygen atoms in total. The van der Waals surface area contributed by atoms with E-state index in [-0.39, 0.29) is 0 Å². The first-order valence-corrected chi connectivity index (χ1v) is 6.32. The molecule has 0 fully saturated rings. The van der Waals surface area contributed by atoms with Gasteiger partial charge in [0.1, 0.15) is 0 Å². The average Bonchev–Trinajstić information content (AvgIpc) is 2.53. The summed E-state index contributed by atoms with van der Waals surface area (Å²) in [6, 6.07) is 6.66. The van der Waals surface area contributed by atoms with E-state index in [4.69, 9.17) is 0 Å². The second-order valence-corrected chi connectivity index (χ2v) is 4.55. The molecule has 1 amide bonds. The van der Waals surface area contributed by atoms with Gasteiger partial charge >= 0.3 is 0 Å². The molecule has 0 aromatic heterocycles. The number of para-hydroxylation sites is 1. The van der Waals surface area contributed by atoms with E-state index in [9.17, 15) is 26.7 Å². The maximum absolute atomic E-state index is 13.4. The molecular weight excluding hydrogens is 321 g/mol. The summed E-state index contributed by atoms with van der Waals surface area (Å²) < 4.78 is 70.0. The van der Waals surface area contributed by atoms with Gasteiger partial charge in [0.05, 0.1) is 0 Å². The molecule has 0 unspecified atom stereocenters. The molecular formula is C15H10F5NO2. The summed E-state index contributed by atoms with van der Waals surface area (Å²) in [5.41, 5.74) is 1.15. The van der Waals surface area contributed by atoms with E-state index in [0.717, 1.165) is 5.56 Å². The van der Waals surface area contributed by atoms with Crippen molar-refractivity contribution in [2.45, 2.75) is 6.92 Å². The third-order valence-electron chi connectivity index (χ3n) is 2.94. The molecule has 0 bridgehead atoms. The number of hydrogen-bond donors (Lipinski definition) is 1. The molecule has 2 aromatic rings. The van der Waals surface area contributed by atoms with Crippen LogP contribution in [0.3, 0.4) is 0 Å². The minimum Gasteiger partial charge on any atom is -0.477 e. The SMILES string of the molecule is Cc1ccccc1NC(=O)COc1c(F)c(F)c(F)c(F)c1F. The zero-order valence-electron chi connectivity index (χ0n) is 11.7. The molecule has 0 aliphatic heterocycles. The van der Waals surface area contributed by atoms with Crippen molar-refractivity contribution in [1.29, 1.82) is 0 Å². The van der Waals surface area contributed by atoms with Crippen molar-refractivity contribution in [3.05, 3.63) is 58.9 Å². The van der Waals surface area contributed by atoms with Crippen LogP contribution in [0.4, 0.5) is 27.6 Å². The quantitative estimate of drug-likeness (QED) is 0.527. The fourth-order valence-electron chi connectivity index (χ4n) is 1.75. The highest BCUT2D eigenvalue weighted by Crippen LogP contribution is 2.29. The smallest absolute Gasteiger partial charge is 0.262 e. The predicted molar refractivity (Wildman–Crippen MR) is 71.5 cm³/mol. The van der Waals surface area contributed by atoms with Crippen molar-refractivity contribution < 1.29 is 31.5 Å². The van der Waals surface area contributed by atoms with Gasteiger partial charge in [-0.3, -0.25) is 4.79 Å². The van der Waals surface area contributed by atoms with Crippen molar-refractivity contribution in [3.63, 3.8) is 0 Å². The summed E-state index contributed by atoms with van der Waals surface area (Å²) in [6.45, 7) is 0.785. The van der Waals surface area contributed by atoms with Crippen LogP contribution >= 0.6 is 0 Å². The number of carbonyl (C=O) groups is 1. The first-order chi connectivity index (χ1) is 10.8. The van der Waals surface area contributed by atoms with Gasteiger partial charge in [-0.1, -0.05) is 18.2 Å². The van der Waals surface area contributed by atoms with Crippen molar-refractivity contribution in [1.82, 2.24) is 0 Å². The van der Waals surface area contributed by atoms with Gasteiger partial charge in [0.15, 0.2) is 12.4 Å². The lowest BCUT2D eigenvalue weighted by atomic mass is 10.2. The summed E-state index contributed by atoms with van der Waals surface area (Å²) in [5, 5.41) is 2.39. The molecule has 0 heterocycles. The lowest BCUT2D eigenvalue weighted by molar-refractivity contribution is -0.118. The van der Waals surface area contributed by atoms with Gasteiger partial charge in [0, 0.05) is 5.69 Å². The zero-order chi connectivity index (χ0) is 17.1. The van der Waals surface area contributed by atoms with Crippen molar-refractivity contribution >= 4 is 11.6 Å². The van der Waals surface area contributed by atoms with E-state index >= 15 is 0 Å². The Bertz CT molecular complexity index is 735. The standard InChI is InChI=1S/C15H10F5NO2/c1-7-4-2-3-5-8(7)21-9(22)6-23-15-13(19)11(17)10(16)12(18)14(15)20/h2-5H,6H2,1H3,(H,21,22). The van der Waals surface area contributed by atoms with Crippen molar-refractivity contribution in [2.24, 2.45) is 0 Å². The normalized spacial score (nSPS) is 10.5. The van der Waals surface area contributed by atoms with Gasteiger partial charge in [-0.05, 0) is 18.6 Å². The largest absolute Gasteiger partial charge is 0.477 e. The summed E-state index contributed by atoms with van der Waals surface area (Å²) in [6.07, 6.45) is 0. The van der Waals surface area contributed by atoms with Crippen molar-refractivity contribution in [3.8, 4) is 5.75 Å². The van der Waals surface area contributed by atoms with Gasteiger partial charge in [-0.25, -0.2) is 13.2 Å². The molecule has 122 valence electrons. The third-order valence-corrected chi connectivity index (χ3v) is 2.94. The van der Waals surface area contributed by atoms with Crippen molar-refractivity contribution in [2.75, 3.05) is 11.9 Å². The topological polar surface area (TPSA) is 38.3 Å². The van der Waals surface area contributed by atoms with Gasteiger partial charge in [0.2, 0.25) is 29.1 Å². The third kappa shape index (κ3) is 3.41. The Kier molecular flexibility index (Phi) is 4.83. The summed E-state index contributed by atoms with van der Waals surface area (Å²) in [5.74, 6) is -13.2. The Balaban J connectivity index is 2.13. The highest BCUT2D eigenvalue weighted by molar-refractivity contribution is 5.92. The van der Waals surface area contributed by atoms with E-state index in [0.29, 0.717) is 5.69 Å². The molecule has 0 radical (unpaired) electrons. The van der Waals surface area contributed by atoms with Crippen LogP contribution in [0.1, 0.15) is 5.56 Å². The minimum absolute atomic E-state index is 0.429. The monoisotopic (exact) mass is 331 g/mol. The number of halogens is 5. The predicted octanol–water partition coefficient (Wildman–Crippen LogP) is 3.71. The Hall–Kier alpha value is -2.64. The van der Waals surface area contributed by atoms with Gasteiger partial charge in [-0.2, -0.15) is 8.78 Å². The number of carbonyl (C=O) groups excluding carboxylic acids is 1. The van der Waals surface area contributed by atoms with Crippen LogP contribution in [0.15, 0.2) is 24.3 Å². The number of ether oxygens (including phenoxy) is 1. The summed E-state index contributed by atoms with van der Waals surface area (Å²) in [7, 11) is 0. The Morgan fingerprint density at radius 1 is 0.957 bits per heavy atom. The van der Waals surface area contributed by atoms with Crippen LogP contribution in [0, 0.1) is 36.0 Å². The number of amides is 1. The summed E-state index contributed by atoms with van der Waals surface area (Å²) >= 11 is 0. The number of rotatable bonds is 4. The fourth-order valence-corrected chi connectivity index (χ4v) is 1.75.